The molecule has 0 saturated heterocycles. The SMILES string of the molecule is CC.COc1ccc2c(=O)n(C3CCCCC3)cc(Br)c2c1. The number of rotatable bonds is 2. The minimum atomic E-state index is 0.109. The van der Waals surface area contributed by atoms with Crippen molar-refractivity contribution in [3.8, 4) is 5.75 Å². The summed E-state index contributed by atoms with van der Waals surface area (Å²) in [6.45, 7) is 4.00. The fourth-order valence-electron chi connectivity index (χ4n) is 3.05. The molecule has 0 aliphatic heterocycles. The molecule has 1 aromatic heterocycles. The summed E-state index contributed by atoms with van der Waals surface area (Å²) in [6, 6.07) is 5.97. The van der Waals surface area contributed by atoms with Crippen molar-refractivity contribution in [2.24, 2.45) is 0 Å². The Labute approximate surface area is 140 Å². The fourth-order valence-corrected chi connectivity index (χ4v) is 3.60. The maximum absolute atomic E-state index is 12.7. The third-order valence-electron chi connectivity index (χ3n) is 4.17. The molecule has 1 aromatic carbocycles. The van der Waals surface area contributed by atoms with Crippen LogP contribution in [0.5, 0.6) is 5.75 Å². The topological polar surface area (TPSA) is 31.2 Å². The van der Waals surface area contributed by atoms with Crippen LogP contribution >= 0.6 is 15.9 Å². The van der Waals surface area contributed by atoms with Gasteiger partial charge in [-0.2, -0.15) is 0 Å². The van der Waals surface area contributed by atoms with E-state index >= 15 is 0 Å². The molecule has 0 radical (unpaired) electrons. The van der Waals surface area contributed by atoms with Crippen LogP contribution < -0.4 is 10.3 Å². The van der Waals surface area contributed by atoms with Crippen LogP contribution in [0.4, 0.5) is 0 Å². The zero-order valence-corrected chi connectivity index (χ0v) is 15.1. The first-order chi connectivity index (χ1) is 10.7. The largest absolute Gasteiger partial charge is 0.497 e. The van der Waals surface area contributed by atoms with Crippen molar-refractivity contribution in [2.75, 3.05) is 7.11 Å². The van der Waals surface area contributed by atoms with E-state index in [1.807, 2.05) is 42.8 Å². The Balaban J connectivity index is 0.000000847. The van der Waals surface area contributed by atoms with Gasteiger partial charge >= 0.3 is 0 Å². The molecule has 1 heterocycles. The van der Waals surface area contributed by atoms with E-state index in [-0.39, 0.29) is 5.56 Å². The smallest absolute Gasteiger partial charge is 0.258 e. The molecule has 2 aromatic rings. The predicted molar refractivity (Wildman–Crippen MR) is 95.9 cm³/mol. The molecule has 0 atom stereocenters. The van der Waals surface area contributed by atoms with Gasteiger partial charge in [-0.15, -0.1) is 0 Å². The van der Waals surface area contributed by atoms with Gasteiger partial charge < -0.3 is 9.30 Å². The summed E-state index contributed by atoms with van der Waals surface area (Å²) in [5.41, 5.74) is 0.109. The molecule has 1 fully saturated rings. The Morgan fingerprint density at radius 2 is 1.82 bits per heavy atom. The summed E-state index contributed by atoms with van der Waals surface area (Å²) in [4.78, 5) is 12.7. The van der Waals surface area contributed by atoms with Crippen LogP contribution in [0, 0.1) is 0 Å². The fraction of sp³-hybridized carbons (Fsp3) is 0.500. The van der Waals surface area contributed by atoms with Crippen LogP contribution in [0.25, 0.3) is 10.8 Å². The molecule has 0 amide bonds. The summed E-state index contributed by atoms with van der Waals surface area (Å²) in [5.74, 6) is 0.771. The van der Waals surface area contributed by atoms with Crippen molar-refractivity contribution in [2.45, 2.75) is 52.0 Å². The van der Waals surface area contributed by atoms with Gasteiger partial charge in [0.25, 0.3) is 5.56 Å². The summed E-state index contributed by atoms with van der Waals surface area (Å²) in [5, 5.41) is 1.67. The Hall–Kier alpha value is -1.29. The lowest BCUT2D eigenvalue weighted by molar-refractivity contribution is 0.347. The molecule has 0 spiro atoms. The second kappa shape index (κ2) is 7.82. The first-order valence-electron chi connectivity index (χ1n) is 8.09. The molecule has 3 rings (SSSR count). The monoisotopic (exact) mass is 365 g/mol. The number of ether oxygens (including phenoxy) is 1. The van der Waals surface area contributed by atoms with Crippen LogP contribution in [-0.4, -0.2) is 11.7 Å². The number of nitrogens with zero attached hydrogens (tertiary/aromatic N) is 1. The molecule has 120 valence electrons. The van der Waals surface area contributed by atoms with Crippen LogP contribution in [0.3, 0.4) is 0 Å². The first-order valence-corrected chi connectivity index (χ1v) is 8.88. The van der Waals surface area contributed by atoms with Crippen molar-refractivity contribution >= 4 is 26.7 Å². The van der Waals surface area contributed by atoms with Crippen LogP contribution in [-0.2, 0) is 0 Å². The van der Waals surface area contributed by atoms with E-state index in [9.17, 15) is 4.79 Å². The van der Waals surface area contributed by atoms with E-state index in [1.165, 1.54) is 19.3 Å². The number of halogens is 1. The second-order valence-electron chi connectivity index (χ2n) is 5.39. The van der Waals surface area contributed by atoms with Crippen molar-refractivity contribution in [1.82, 2.24) is 4.57 Å². The summed E-state index contributed by atoms with van der Waals surface area (Å²) >= 11 is 3.60. The average Bonchev–Trinajstić information content (AvgIpc) is 2.60. The molecule has 1 aliphatic carbocycles. The molecule has 0 N–H and O–H groups in total. The number of methoxy groups -OCH3 is 1. The normalized spacial score (nSPS) is 15.3. The van der Waals surface area contributed by atoms with Gasteiger partial charge in [-0.1, -0.05) is 33.1 Å². The van der Waals surface area contributed by atoms with Gasteiger partial charge in [-0.25, -0.2) is 0 Å². The van der Waals surface area contributed by atoms with Crippen LogP contribution in [0.15, 0.2) is 33.7 Å². The Morgan fingerprint density at radius 1 is 1.14 bits per heavy atom. The van der Waals surface area contributed by atoms with Gasteiger partial charge in [0.2, 0.25) is 0 Å². The first kappa shape index (κ1) is 17.1. The zero-order valence-electron chi connectivity index (χ0n) is 13.6. The van der Waals surface area contributed by atoms with Crippen LogP contribution in [0.2, 0.25) is 0 Å². The molecule has 1 saturated carbocycles. The second-order valence-corrected chi connectivity index (χ2v) is 6.25. The van der Waals surface area contributed by atoms with E-state index in [0.717, 1.165) is 33.8 Å². The van der Waals surface area contributed by atoms with Crippen molar-refractivity contribution in [1.29, 1.82) is 0 Å². The molecule has 1 aliphatic rings. The maximum atomic E-state index is 12.7. The van der Waals surface area contributed by atoms with E-state index < -0.39 is 0 Å². The summed E-state index contributed by atoms with van der Waals surface area (Å²) in [6.07, 6.45) is 7.88. The van der Waals surface area contributed by atoms with Gasteiger partial charge in [0.1, 0.15) is 5.75 Å². The lowest BCUT2D eigenvalue weighted by Crippen LogP contribution is -2.26. The molecule has 0 bridgehead atoms. The standard InChI is InChI=1S/C16H18BrNO2.C2H6/c1-20-12-7-8-13-14(9-12)15(17)10-18(16(13)19)11-5-3-2-4-6-11;1-2/h7-11H,2-6H2,1H3;1-2H3. The molecule has 4 heteroatoms. The highest BCUT2D eigenvalue weighted by Crippen LogP contribution is 2.30. The average molecular weight is 366 g/mol. The van der Waals surface area contributed by atoms with Crippen LogP contribution in [0.1, 0.15) is 52.0 Å². The van der Waals surface area contributed by atoms with Crippen molar-refractivity contribution in [3.05, 3.63) is 39.2 Å². The highest BCUT2D eigenvalue weighted by atomic mass is 79.9. The number of hydrogen-bond donors (Lipinski definition) is 0. The number of hydrogen-bond acceptors (Lipinski definition) is 2. The van der Waals surface area contributed by atoms with Crippen molar-refractivity contribution < 1.29 is 4.74 Å². The lowest BCUT2D eigenvalue weighted by atomic mass is 9.95. The number of pyridine rings is 1. The van der Waals surface area contributed by atoms with E-state index in [2.05, 4.69) is 15.9 Å². The molecular formula is C18H24BrNO2. The molecular weight excluding hydrogens is 342 g/mol. The third-order valence-corrected chi connectivity index (χ3v) is 4.80. The molecule has 22 heavy (non-hydrogen) atoms. The minimum absolute atomic E-state index is 0.109. The van der Waals surface area contributed by atoms with E-state index in [1.54, 1.807) is 7.11 Å². The highest BCUT2D eigenvalue weighted by Gasteiger charge is 2.18. The van der Waals surface area contributed by atoms with Gasteiger partial charge in [0.05, 0.1) is 7.11 Å². The Bertz CT molecular complexity index is 687. The Kier molecular flexibility index (Phi) is 6.07. The third kappa shape index (κ3) is 3.37. The quantitative estimate of drug-likeness (QED) is 0.722. The summed E-state index contributed by atoms with van der Waals surface area (Å²) in [7, 11) is 1.64. The predicted octanol–water partition coefficient (Wildman–Crippen LogP) is 5.30. The van der Waals surface area contributed by atoms with E-state index in [0.29, 0.717) is 6.04 Å². The van der Waals surface area contributed by atoms with Gasteiger partial charge in [0, 0.05) is 27.5 Å². The number of benzene rings is 1. The zero-order chi connectivity index (χ0) is 16.1. The number of aromatic nitrogens is 1. The van der Waals surface area contributed by atoms with Gasteiger partial charge in [-0.3, -0.25) is 4.79 Å². The van der Waals surface area contributed by atoms with Gasteiger partial charge in [-0.05, 0) is 47.0 Å². The van der Waals surface area contributed by atoms with Crippen molar-refractivity contribution in [3.63, 3.8) is 0 Å². The maximum Gasteiger partial charge on any atom is 0.258 e. The van der Waals surface area contributed by atoms with E-state index in [4.69, 9.17) is 4.74 Å². The lowest BCUT2D eigenvalue weighted by Gasteiger charge is -2.24. The molecule has 0 unspecified atom stereocenters. The highest BCUT2D eigenvalue weighted by molar-refractivity contribution is 9.10. The minimum Gasteiger partial charge on any atom is -0.497 e. The van der Waals surface area contributed by atoms with Gasteiger partial charge in [0.15, 0.2) is 0 Å². The molecule has 3 nitrogen and oxygen atoms in total. The summed E-state index contributed by atoms with van der Waals surface area (Å²) < 4.78 is 8.10. The Morgan fingerprint density at radius 3 is 2.45 bits per heavy atom. The number of fused-ring (bicyclic) bond motifs is 1.